The Labute approximate surface area is 127 Å². The summed E-state index contributed by atoms with van der Waals surface area (Å²) in [4.78, 5) is 14.8. The largest absolute Gasteiger partial charge is 0.319 e. The maximum Gasteiger partial charge on any atom is 0.241 e. The van der Waals surface area contributed by atoms with E-state index in [2.05, 4.69) is 55.3 Å². The third-order valence-electron chi connectivity index (χ3n) is 4.93. The summed E-state index contributed by atoms with van der Waals surface area (Å²) in [5, 5.41) is 3.55. The topological polar surface area (TPSA) is 32.3 Å². The second-order valence-electron chi connectivity index (χ2n) is 6.66. The molecule has 3 rings (SSSR count). The van der Waals surface area contributed by atoms with Crippen molar-refractivity contribution in [2.24, 2.45) is 5.92 Å². The molecular weight excluding hydrogens is 260 g/mol. The first-order valence-electron chi connectivity index (χ1n) is 8.25. The molecule has 1 amide bonds. The summed E-state index contributed by atoms with van der Waals surface area (Å²) in [5.41, 5.74) is 2.49. The van der Waals surface area contributed by atoms with Crippen LogP contribution < -0.4 is 5.32 Å². The van der Waals surface area contributed by atoms with Crippen molar-refractivity contribution in [3.05, 3.63) is 35.4 Å². The van der Waals surface area contributed by atoms with Gasteiger partial charge in [0.15, 0.2) is 0 Å². The fraction of sp³-hybridized carbons (Fsp3) is 0.611. The van der Waals surface area contributed by atoms with Crippen molar-refractivity contribution in [3.63, 3.8) is 0 Å². The number of nitrogens with zero attached hydrogens (tertiary/aromatic N) is 1. The summed E-state index contributed by atoms with van der Waals surface area (Å²) < 4.78 is 0. The maximum absolute atomic E-state index is 12.7. The van der Waals surface area contributed by atoms with Crippen molar-refractivity contribution in [3.8, 4) is 0 Å². The molecule has 0 spiro atoms. The number of amides is 1. The number of benzene rings is 1. The number of carbonyl (C=O) groups excluding carboxylic acids is 1. The number of carbonyl (C=O) groups is 1. The van der Waals surface area contributed by atoms with E-state index in [1.807, 2.05) is 0 Å². The van der Waals surface area contributed by atoms with Crippen LogP contribution in [0.4, 0.5) is 0 Å². The predicted octanol–water partition coefficient (Wildman–Crippen LogP) is 3.39. The summed E-state index contributed by atoms with van der Waals surface area (Å²) >= 11 is 0. The zero-order valence-corrected chi connectivity index (χ0v) is 13.3. The van der Waals surface area contributed by atoms with Crippen molar-refractivity contribution in [1.29, 1.82) is 0 Å². The molecule has 1 saturated heterocycles. The van der Waals surface area contributed by atoms with Crippen molar-refractivity contribution in [2.75, 3.05) is 0 Å². The smallest absolute Gasteiger partial charge is 0.241 e. The number of aryl methyl sites for hydroxylation is 1. The van der Waals surface area contributed by atoms with E-state index in [1.54, 1.807) is 0 Å². The Morgan fingerprint density at radius 2 is 2.05 bits per heavy atom. The molecule has 0 bridgehead atoms. The van der Waals surface area contributed by atoms with E-state index >= 15 is 0 Å². The van der Waals surface area contributed by atoms with Gasteiger partial charge < -0.3 is 4.90 Å². The normalized spacial score (nSPS) is 27.2. The molecule has 1 aromatic carbocycles. The first kappa shape index (κ1) is 14.6. The van der Waals surface area contributed by atoms with Crippen LogP contribution in [-0.4, -0.2) is 22.9 Å². The van der Waals surface area contributed by atoms with Gasteiger partial charge in [-0.15, -0.1) is 0 Å². The van der Waals surface area contributed by atoms with Crippen LogP contribution in [0.1, 0.15) is 56.8 Å². The maximum atomic E-state index is 12.7. The SMILES string of the molecule is CCC1NC(c2ccccc2C)N(C(C)CC2CC2)C1=O. The Hall–Kier alpha value is -1.35. The van der Waals surface area contributed by atoms with Gasteiger partial charge in [-0.2, -0.15) is 0 Å². The van der Waals surface area contributed by atoms with E-state index in [0.29, 0.717) is 6.04 Å². The van der Waals surface area contributed by atoms with E-state index in [4.69, 9.17) is 0 Å². The standard InChI is InChI=1S/C18H26N2O/c1-4-16-18(21)20(13(3)11-14-9-10-14)17(19-16)15-8-6-5-7-12(15)2/h5-8,13-14,16-17,19H,4,9-11H2,1-3H3. The van der Waals surface area contributed by atoms with Crippen LogP contribution >= 0.6 is 0 Å². The van der Waals surface area contributed by atoms with E-state index in [9.17, 15) is 4.79 Å². The molecule has 1 aliphatic carbocycles. The fourth-order valence-corrected chi connectivity index (χ4v) is 3.50. The lowest BCUT2D eigenvalue weighted by atomic mass is 10.0. The Morgan fingerprint density at radius 1 is 1.33 bits per heavy atom. The molecule has 3 atom stereocenters. The molecule has 0 radical (unpaired) electrons. The van der Waals surface area contributed by atoms with Gasteiger partial charge in [-0.1, -0.05) is 44.0 Å². The number of nitrogens with one attached hydrogen (secondary N) is 1. The molecular formula is C18H26N2O. The summed E-state index contributed by atoms with van der Waals surface area (Å²) in [6.45, 7) is 6.42. The van der Waals surface area contributed by atoms with Crippen LogP contribution in [0.15, 0.2) is 24.3 Å². The molecule has 3 heteroatoms. The quantitative estimate of drug-likeness (QED) is 0.900. The minimum absolute atomic E-state index is 0.0312. The second-order valence-corrected chi connectivity index (χ2v) is 6.66. The van der Waals surface area contributed by atoms with Crippen LogP contribution in [0, 0.1) is 12.8 Å². The highest BCUT2D eigenvalue weighted by Gasteiger charge is 2.42. The summed E-state index contributed by atoms with van der Waals surface area (Å²) in [7, 11) is 0. The first-order valence-corrected chi connectivity index (χ1v) is 8.25. The van der Waals surface area contributed by atoms with Crippen molar-refractivity contribution in [1.82, 2.24) is 10.2 Å². The van der Waals surface area contributed by atoms with Gasteiger partial charge in [-0.05, 0) is 43.7 Å². The van der Waals surface area contributed by atoms with E-state index in [1.165, 1.54) is 24.0 Å². The van der Waals surface area contributed by atoms with Gasteiger partial charge in [0.1, 0.15) is 6.17 Å². The van der Waals surface area contributed by atoms with Crippen molar-refractivity contribution in [2.45, 2.75) is 64.7 Å². The van der Waals surface area contributed by atoms with Gasteiger partial charge >= 0.3 is 0 Å². The van der Waals surface area contributed by atoms with Crippen molar-refractivity contribution < 1.29 is 4.79 Å². The van der Waals surface area contributed by atoms with E-state index in [0.717, 1.165) is 18.8 Å². The minimum atomic E-state index is -0.0312. The highest BCUT2D eigenvalue weighted by Crippen LogP contribution is 2.38. The molecule has 1 N–H and O–H groups in total. The molecule has 3 nitrogen and oxygen atoms in total. The molecule has 2 fully saturated rings. The Bertz CT molecular complexity index is 524. The fourth-order valence-electron chi connectivity index (χ4n) is 3.50. The molecule has 2 aliphatic rings. The third kappa shape index (κ3) is 2.84. The molecule has 1 aliphatic heterocycles. The average molecular weight is 286 g/mol. The van der Waals surface area contributed by atoms with Gasteiger partial charge in [0.2, 0.25) is 5.91 Å². The number of hydrogen-bond acceptors (Lipinski definition) is 2. The lowest BCUT2D eigenvalue weighted by Gasteiger charge is -2.31. The average Bonchev–Trinajstić information content (AvgIpc) is 3.21. The minimum Gasteiger partial charge on any atom is -0.319 e. The summed E-state index contributed by atoms with van der Waals surface area (Å²) in [6, 6.07) is 8.69. The van der Waals surface area contributed by atoms with Gasteiger partial charge in [0.05, 0.1) is 6.04 Å². The van der Waals surface area contributed by atoms with E-state index in [-0.39, 0.29) is 18.1 Å². The molecule has 1 aromatic rings. The Morgan fingerprint density at radius 3 is 2.67 bits per heavy atom. The lowest BCUT2D eigenvalue weighted by Crippen LogP contribution is -2.39. The summed E-state index contributed by atoms with van der Waals surface area (Å²) in [5.74, 6) is 1.12. The van der Waals surface area contributed by atoms with Crippen LogP contribution in [0.5, 0.6) is 0 Å². The molecule has 0 aromatic heterocycles. The van der Waals surface area contributed by atoms with Gasteiger partial charge in [-0.25, -0.2) is 0 Å². The third-order valence-corrected chi connectivity index (χ3v) is 4.93. The Balaban J connectivity index is 1.88. The monoisotopic (exact) mass is 286 g/mol. The second kappa shape index (κ2) is 5.80. The zero-order chi connectivity index (χ0) is 15.0. The van der Waals surface area contributed by atoms with Crippen LogP contribution in [0.25, 0.3) is 0 Å². The number of rotatable bonds is 5. The highest BCUT2D eigenvalue weighted by atomic mass is 16.2. The predicted molar refractivity (Wildman–Crippen MR) is 84.8 cm³/mol. The van der Waals surface area contributed by atoms with Gasteiger partial charge in [-0.3, -0.25) is 10.1 Å². The van der Waals surface area contributed by atoms with Crippen LogP contribution in [0.2, 0.25) is 0 Å². The van der Waals surface area contributed by atoms with Crippen molar-refractivity contribution >= 4 is 5.91 Å². The molecule has 21 heavy (non-hydrogen) atoms. The Kier molecular flexibility index (Phi) is 4.03. The van der Waals surface area contributed by atoms with E-state index < -0.39 is 0 Å². The molecule has 1 saturated carbocycles. The highest BCUT2D eigenvalue weighted by molar-refractivity contribution is 5.84. The molecule has 1 heterocycles. The summed E-state index contributed by atoms with van der Waals surface area (Å²) in [6.07, 6.45) is 4.72. The van der Waals surface area contributed by atoms with Gasteiger partial charge in [0.25, 0.3) is 0 Å². The first-order chi connectivity index (χ1) is 10.1. The van der Waals surface area contributed by atoms with Crippen LogP contribution in [-0.2, 0) is 4.79 Å². The molecule has 3 unspecified atom stereocenters. The number of hydrogen-bond donors (Lipinski definition) is 1. The molecule has 114 valence electrons. The van der Waals surface area contributed by atoms with Gasteiger partial charge in [0, 0.05) is 6.04 Å². The van der Waals surface area contributed by atoms with Crippen LogP contribution in [0.3, 0.4) is 0 Å². The zero-order valence-electron chi connectivity index (χ0n) is 13.3. The lowest BCUT2D eigenvalue weighted by molar-refractivity contribution is -0.132.